The van der Waals surface area contributed by atoms with Crippen molar-refractivity contribution in [2.24, 2.45) is 0 Å². The van der Waals surface area contributed by atoms with Crippen LogP contribution in [0.25, 0.3) is 10.2 Å². The summed E-state index contributed by atoms with van der Waals surface area (Å²) in [6, 6.07) is 9.80. The Morgan fingerprint density at radius 3 is 2.78 bits per heavy atom. The maximum absolute atomic E-state index is 11.8. The van der Waals surface area contributed by atoms with Gasteiger partial charge in [0.25, 0.3) is 5.56 Å². The number of rotatable bonds is 2. The normalized spacial score (nSPS) is 10.9. The minimum Gasteiger partial charge on any atom is -0.310 e. The molecule has 3 aromatic rings. The molecule has 3 nitrogen and oxygen atoms in total. The van der Waals surface area contributed by atoms with Gasteiger partial charge in [-0.15, -0.1) is 11.3 Å². The third-order valence-electron chi connectivity index (χ3n) is 2.67. The predicted octanol–water partition coefficient (Wildman–Crippen LogP) is 3.34. The highest BCUT2D eigenvalue weighted by Crippen LogP contribution is 2.16. The first-order valence-electron chi connectivity index (χ1n) is 5.43. The van der Waals surface area contributed by atoms with Gasteiger partial charge in [-0.25, -0.2) is 4.98 Å². The van der Waals surface area contributed by atoms with Crippen LogP contribution in [-0.2, 0) is 6.42 Å². The highest BCUT2D eigenvalue weighted by molar-refractivity contribution is 9.10. The molecule has 0 bridgehead atoms. The number of nitrogens with zero attached hydrogens (tertiary/aromatic N) is 1. The zero-order valence-electron chi connectivity index (χ0n) is 9.31. The number of hydrogen-bond donors (Lipinski definition) is 1. The number of fused-ring (bicyclic) bond motifs is 1. The number of aromatic amines is 1. The summed E-state index contributed by atoms with van der Waals surface area (Å²) >= 11 is 4.89. The lowest BCUT2D eigenvalue weighted by atomic mass is 10.1. The van der Waals surface area contributed by atoms with Gasteiger partial charge in [0.1, 0.15) is 10.7 Å². The van der Waals surface area contributed by atoms with Crippen LogP contribution >= 0.6 is 27.3 Å². The molecule has 0 aliphatic carbocycles. The fraction of sp³-hybridized carbons (Fsp3) is 0.0769. The van der Waals surface area contributed by atoms with Crippen molar-refractivity contribution in [3.05, 3.63) is 61.9 Å². The Labute approximate surface area is 116 Å². The Morgan fingerprint density at radius 2 is 2.00 bits per heavy atom. The van der Waals surface area contributed by atoms with Crippen LogP contribution in [0.1, 0.15) is 11.4 Å². The maximum Gasteiger partial charge on any atom is 0.259 e. The largest absolute Gasteiger partial charge is 0.310 e. The molecule has 90 valence electrons. The zero-order valence-corrected chi connectivity index (χ0v) is 11.7. The van der Waals surface area contributed by atoms with Crippen LogP contribution in [0.4, 0.5) is 0 Å². The molecule has 0 atom stereocenters. The van der Waals surface area contributed by atoms with E-state index < -0.39 is 0 Å². The lowest BCUT2D eigenvalue weighted by molar-refractivity contribution is 0.977. The van der Waals surface area contributed by atoms with Crippen molar-refractivity contribution in [1.29, 1.82) is 0 Å². The van der Waals surface area contributed by atoms with Gasteiger partial charge in [0.15, 0.2) is 0 Å². The SMILES string of the molecule is O=c1[nH]c(Cc2ccc(Br)cc2)nc2sccc12. The van der Waals surface area contributed by atoms with E-state index >= 15 is 0 Å². The summed E-state index contributed by atoms with van der Waals surface area (Å²) in [7, 11) is 0. The predicted molar refractivity (Wildman–Crippen MR) is 77.2 cm³/mol. The van der Waals surface area contributed by atoms with Crippen molar-refractivity contribution in [3.8, 4) is 0 Å². The molecule has 1 aromatic carbocycles. The van der Waals surface area contributed by atoms with Crippen molar-refractivity contribution >= 4 is 37.5 Å². The molecule has 5 heteroatoms. The first kappa shape index (κ1) is 11.6. The Bertz CT molecular complexity index is 746. The lowest BCUT2D eigenvalue weighted by Gasteiger charge is -2.01. The second-order valence-electron chi connectivity index (χ2n) is 3.96. The molecule has 2 heterocycles. The highest BCUT2D eigenvalue weighted by atomic mass is 79.9. The van der Waals surface area contributed by atoms with Gasteiger partial charge in [-0.3, -0.25) is 4.79 Å². The second kappa shape index (κ2) is 4.66. The van der Waals surface area contributed by atoms with E-state index in [1.54, 1.807) is 6.07 Å². The average molecular weight is 321 g/mol. The molecule has 0 amide bonds. The van der Waals surface area contributed by atoms with E-state index in [4.69, 9.17) is 0 Å². The topological polar surface area (TPSA) is 45.8 Å². The van der Waals surface area contributed by atoms with Crippen LogP contribution in [0.3, 0.4) is 0 Å². The van der Waals surface area contributed by atoms with Gasteiger partial charge < -0.3 is 4.98 Å². The van der Waals surface area contributed by atoms with Crippen molar-refractivity contribution in [3.63, 3.8) is 0 Å². The van der Waals surface area contributed by atoms with Gasteiger partial charge in [-0.05, 0) is 29.1 Å². The summed E-state index contributed by atoms with van der Waals surface area (Å²) in [4.78, 5) is 19.9. The van der Waals surface area contributed by atoms with E-state index in [-0.39, 0.29) is 5.56 Å². The van der Waals surface area contributed by atoms with Gasteiger partial charge in [-0.2, -0.15) is 0 Å². The van der Waals surface area contributed by atoms with Crippen molar-refractivity contribution < 1.29 is 0 Å². The van der Waals surface area contributed by atoms with Gasteiger partial charge in [-0.1, -0.05) is 28.1 Å². The summed E-state index contributed by atoms with van der Waals surface area (Å²) in [6.45, 7) is 0. The number of hydrogen-bond acceptors (Lipinski definition) is 3. The minimum absolute atomic E-state index is 0.0617. The summed E-state index contributed by atoms with van der Waals surface area (Å²) in [6.07, 6.45) is 0.635. The molecule has 0 saturated heterocycles. The highest BCUT2D eigenvalue weighted by Gasteiger charge is 2.05. The van der Waals surface area contributed by atoms with Gasteiger partial charge in [0.05, 0.1) is 5.39 Å². The average Bonchev–Trinajstić information content (AvgIpc) is 2.81. The smallest absolute Gasteiger partial charge is 0.259 e. The minimum atomic E-state index is -0.0617. The molecular weight excluding hydrogens is 312 g/mol. The second-order valence-corrected chi connectivity index (χ2v) is 5.77. The summed E-state index contributed by atoms with van der Waals surface area (Å²) in [5, 5.41) is 2.55. The third kappa shape index (κ3) is 2.23. The first-order valence-corrected chi connectivity index (χ1v) is 7.10. The monoisotopic (exact) mass is 320 g/mol. The van der Waals surface area contributed by atoms with Gasteiger partial charge in [0.2, 0.25) is 0 Å². The third-order valence-corrected chi connectivity index (χ3v) is 4.00. The number of thiophene rings is 1. The molecule has 0 unspecified atom stereocenters. The van der Waals surface area contributed by atoms with Crippen LogP contribution in [-0.4, -0.2) is 9.97 Å². The number of aromatic nitrogens is 2. The number of nitrogens with one attached hydrogen (secondary N) is 1. The van der Waals surface area contributed by atoms with E-state index in [1.807, 2.05) is 29.6 Å². The van der Waals surface area contributed by atoms with Crippen molar-refractivity contribution in [1.82, 2.24) is 9.97 Å². The van der Waals surface area contributed by atoms with Crippen LogP contribution in [0, 0.1) is 0 Å². The molecule has 0 fully saturated rings. The molecule has 18 heavy (non-hydrogen) atoms. The molecule has 0 saturated carbocycles. The molecule has 0 spiro atoms. The quantitative estimate of drug-likeness (QED) is 0.787. The molecule has 1 N–H and O–H groups in total. The molecule has 0 aliphatic rings. The van der Waals surface area contributed by atoms with E-state index in [0.717, 1.165) is 14.9 Å². The summed E-state index contributed by atoms with van der Waals surface area (Å²) < 4.78 is 1.04. The molecule has 2 aromatic heterocycles. The van der Waals surface area contributed by atoms with Gasteiger partial charge in [0, 0.05) is 10.9 Å². The molecule has 0 aliphatic heterocycles. The van der Waals surface area contributed by atoms with Crippen molar-refractivity contribution in [2.75, 3.05) is 0 Å². The number of H-pyrrole nitrogens is 1. The summed E-state index contributed by atoms with van der Waals surface area (Å²) in [5.74, 6) is 0.706. The Balaban J connectivity index is 1.99. The number of halogens is 1. The molecule has 3 rings (SSSR count). The zero-order chi connectivity index (χ0) is 12.5. The van der Waals surface area contributed by atoms with E-state index in [9.17, 15) is 4.79 Å². The van der Waals surface area contributed by atoms with Gasteiger partial charge >= 0.3 is 0 Å². The molecular formula is C13H9BrN2OS. The summed E-state index contributed by atoms with van der Waals surface area (Å²) in [5.41, 5.74) is 1.06. The first-order chi connectivity index (χ1) is 8.72. The van der Waals surface area contributed by atoms with Crippen LogP contribution in [0.5, 0.6) is 0 Å². The fourth-order valence-corrected chi connectivity index (χ4v) is 2.84. The van der Waals surface area contributed by atoms with E-state index in [0.29, 0.717) is 17.6 Å². The Hall–Kier alpha value is -1.46. The maximum atomic E-state index is 11.8. The fourth-order valence-electron chi connectivity index (χ4n) is 1.79. The van der Waals surface area contributed by atoms with Crippen molar-refractivity contribution in [2.45, 2.75) is 6.42 Å². The number of benzene rings is 1. The van der Waals surface area contributed by atoms with E-state index in [2.05, 4.69) is 25.9 Å². The van der Waals surface area contributed by atoms with Crippen LogP contribution in [0.15, 0.2) is 45.0 Å². The lowest BCUT2D eigenvalue weighted by Crippen LogP contribution is -2.10. The Morgan fingerprint density at radius 1 is 1.22 bits per heavy atom. The van der Waals surface area contributed by atoms with Crippen LogP contribution < -0.4 is 5.56 Å². The standard InChI is InChI=1S/C13H9BrN2OS/c14-9-3-1-8(2-4-9)7-11-15-12(17)10-5-6-18-13(10)16-11/h1-6H,7H2,(H,15,16,17). The van der Waals surface area contributed by atoms with Crippen LogP contribution in [0.2, 0.25) is 0 Å². The Kier molecular flexibility index (Phi) is 3.01. The van der Waals surface area contributed by atoms with E-state index in [1.165, 1.54) is 11.3 Å². The molecule has 0 radical (unpaired) electrons.